The highest BCUT2D eigenvalue weighted by Crippen LogP contribution is 2.23. The average molecular weight is 205 g/mol. The van der Waals surface area contributed by atoms with E-state index in [0.717, 1.165) is 25.3 Å². The Morgan fingerprint density at radius 2 is 1.80 bits per heavy atom. The summed E-state index contributed by atoms with van der Waals surface area (Å²) in [5.41, 5.74) is 7.89. The van der Waals surface area contributed by atoms with E-state index in [0.29, 0.717) is 6.04 Å². The molecule has 0 bridgehead atoms. The van der Waals surface area contributed by atoms with Gasteiger partial charge in [0.25, 0.3) is 0 Å². The van der Waals surface area contributed by atoms with Crippen LogP contribution in [-0.2, 0) is 0 Å². The van der Waals surface area contributed by atoms with Gasteiger partial charge in [-0.05, 0) is 31.8 Å². The van der Waals surface area contributed by atoms with Gasteiger partial charge in [0.15, 0.2) is 0 Å². The molecule has 82 valence electrons. The summed E-state index contributed by atoms with van der Waals surface area (Å²) < 4.78 is 0. The van der Waals surface area contributed by atoms with Crippen molar-refractivity contribution in [3.05, 3.63) is 29.8 Å². The number of rotatable bonds is 1. The molecule has 2 N–H and O–H groups in total. The monoisotopic (exact) mass is 205 g/mol. The van der Waals surface area contributed by atoms with Crippen molar-refractivity contribution in [3.8, 4) is 0 Å². The zero-order chi connectivity index (χ0) is 10.8. The Hall–Kier alpha value is -1.06. The van der Waals surface area contributed by atoms with E-state index in [-0.39, 0.29) is 0 Å². The normalized spacial score (nSPS) is 24.3. The van der Waals surface area contributed by atoms with E-state index in [9.17, 15) is 0 Å². The molecule has 1 heterocycles. The molecule has 1 saturated heterocycles. The van der Waals surface area contributed by atoms with Crippen LogP contribution in [0.2, 0.25) is 0 Å². The summed E-state index contributed by atoms with van der Waals surface area (Å²) in [5, 5.41) is 0. The molecule has 1 aromatic rings. The van der Waals surface area contributed by atoms with Crippen LogP contribution in [0.5, 0.6) is 0 Å². The molecule has 0 radical (unpaired) electrons. The Balaban J connectivity index is 2.17. The number of nitrogens with two attached hydrogens (primary N) is 1. The van der Waals surface area contributed by atoms with E-state index in [4.69, 9.17) is 5.73 Å². The summed E-state index contributed by atoms with van der Waals surface area (Å²) in [6, 6.07) is 8.74. The first kappa shape index (κ1) is 10.5. The second-order valence-corrected chi connectivity index (χ2v) is 4.43. The van der Waals surface area contributed by atoms with Crippen molar-refractivity contribution in [2.24, 2.45) is 0 Å². The van der Waals surface area contributed by atoms with E-state index in [1.54, 1.807) is 0 Å². The minimum Gasteiger partial charge on any atom is -0.399 e. The Labute approximate surface area is 91.5 Å². The Kier molecular flexibility index (Phi) is 2.93. The minimum atomic E-state index is 0.504. The quantitative estimate of drug-likeness (QED) is 0.699. The summed E-state index contributed by atoms with van der Waals surface area (Å²) in [6.07, 6.45) is 0. The molecular formula is C12H19N3. The molecule has 1 unspecified atom stereocenters. The van der Waals surface area contributed by atoms with Gasteiger partial charge in [-0.15, -0.1) is 0 Å². The molecule has 0 spiro atoms. The first-order valence-corrected chi connectivity index (χ1v) is 5.41. The van der Waals surface area contributed by atoms with Gasteiger partial charge in [-0.25, -0.2) is 0 Å². The predicted molar refractivity (Wildman–Crippen MR) is 63.7 cm³/mol. The number of hydrogen-bond donors (Lipinski definition) is 1. The largest absolute Gasteiger partial charge is 0.399 e. The van der Waals surface area contributed by atoms with E-state index < -0.39 is 0 Å². The lowest BCUT2D eigenvalue weighted by Crippen LogP contribution is -2.44. The van der Waals surface area contributed by atoms with Gasteiger partial charge in [0.1, 0.15) is 0 Å². The highest BCUT2D eigenvalue weighted by Gasteiger charge is 2.23. The SMILES string of the molecule is CN1CCN(C)C(c2ccc(N)cc2)C1. The molecule has 3 nitrogen and oxygen atoms in total. The van der Waals surface area contributed by atoms with Crippen molar-refractivity contribution >= 4 is 5.69 Å². The van der Waals surface area contributed by atoms with Gasteiger partial charge < -0.3 is 10.6 Å². The van der Waals surface area contributed by atoms with Crippen LogP contribution in [0.1, 0.15) is 11.6 Å². The summed E-state index contributed by atoms with van der Waals surface area (Å²) in [5.74, 6) is 0. The Morgan fingerprint density at radius 1 is 1.13 bits per heavy atom. The van der Waals surface area contributed by atoms with E-state index in [2.05, 4.69) is 36.0 Å². The van der Waals surface area contributed by atoms with Crippen LogP contribution in [0.4, 0.5) is 5.69 Å². The maximum atomic E-state index is 5.69. The molecule has 15 heavy (non-hydrogen) atoms. The maximum absolute atomic E-state index is 5.69. The van der Waals surface area contributed by atoms with Crippen LogP contribution in [-0.4, -0.2) is 43.5 Å². The van der Waals surface area contributed by atoms with Crippen LogP contribution >= 0.6 is 0 Å². The van der Waals surface area contributed by atoms with Crippen molar-refractivity contribution in [2.45, 2.75) is 6.04 Å². The third-order valence-electron chi connectivity index (χ3n) is 3.17. The molecule has 1 aliphatic heterocycles. The molecular weight excluding hydrogens is 186 g/mol. The summed E-state index contributed by atoms with van der Waals surface area (Å²) >= 11 is 0. The first-order valence-electron chi connectivity index (χ1n) is 5.41. The lowest BCUT2D eigenvalue weighted by atomic mass is 10.0. The molecule has 0 saturated carbocycles. The molecule has 0 aliphatic carbocycles. The van der Waals surface area contributed by atoms with Crippen LogP contribution in [0.3, 0.4) is 0 Å². The zero-order valence-electron chi connectivity index (χ0n) is 9.48. The van der Waals surface area contributed by atoms with Crippen molar-refractivity contribution < 1.29 is 0 Å². The third kappa shape index (κ3) is 2.30. The van der Waals surface area contributed by atoms with Gasteiger partial charge >= 0.3 is 0 Å². The average Bonchev–Trinajstić information content (AvgIpc) is 2.23. The van der Waals surface area contributed by atoms with E-state index in [1.165, 1.54) is 5.56 Å². The van der Waals surface area contributed by atoms with Crippen molar-refractivity contribution in [3.63, 3.8) is 0 Å². The maximum Gasteiger partial charge on any atom is 0.0472 e. The number of benzene rings is 1. The highest BCUT2D eigenvalue weighted by molar-refractivity contribution is 5.40. The van der Waals surface area contributed by atoms with Crippen LogP contribution in [0, 0.1) is 0 Å². The molecule has 0 amide bonds. The number of piperazine rings is 1. The fourth-order valence-corrected chi connectivity index (χ4v) is 2.09. The van der Waals surface area contributed by atoms with Gasteiger partial charge in [0, 0.05) is 31.4 Å². The molecule has 2 rings (SSSR count). The summed E-state index contributed by atoms with van der Waals surface area (Å²) in [4.78, 5) is 4.78. The molecule has 1 atom stereocenters. The lowest BCUT2D eigenvalue weighted by Gasteiger charge is -2.38. The predicted octanol–water partition coefficient (Wildman–Crippen LogP) is 1.19. The number of nitrogens with zero attached hydrogens (tertiary/aromatic N) is 2. The topological polar surface area (TPSA) is 32.5 Å². The Morgan fingerprint density at radius 3 is 2.47 bits per heavy atom. The van der Waals surface area contributed by atoms with Crippen LogP contribution in [0.15, 0.2) is 24.3 Å². The van der Waals surface area contributed by atoms with Crippen molar-refractivity contribution in [1.29, 1.82) is 0 Å². The number of hydrogen-bond acceptors (Lipinski definition) is 3. The first-order chi connectivity index (χ1) is 7.16. The van der Waals surface area contributed by atoms with E-state index in [1.807, 2.05) is 12.1 Å². The van der Waals surface area contributed by atoms with Gasteiger partial charge in [0.2, 0.25) is 0 Å². The number of likely N-dealkylation sites (N-methyl/N-ethyl adjacent to an activating group) is 2. The fraction of sp³-hybridized carbons (Fsp3) is 0.500. The third-order valence-corrected chi connectivity index (χ3v) is 3.17. The van der Waals surface area contributed by atoms with Crippen LogP contribution < -0.4 is 5.73 Å². The standard InChI is InChI=1S/C12H19N3/c1-14-7-8-15(2)12(9-14)10-3-5-11(13)6-4-10/h3-6,12H,7-9,13H2,1-2H3. The smallest absolute Gasteiger partial charge is 0.0472 e. The molecule has 3 heteroatoms. The van der Waals surface area contributed by atoms with Gasteiger partial charge in [-0.3, -0.25) is 4.90 Å². The molecule has 0 aromatic heterocycles. The van der Waals surface area contributed by atoms with E-state index >= 15 is 0 Å². The number of anilines is 1. The Bertz CT molecular complexity index is 320. The van der Waals surface area contributed by atoms with Gasteiger partial charge in [0.05, 0.1) is 0 Å². The molecule has 1 aromatic carbocycles. The molecule has 1 fully saturated rings. The van der Waals surface area contributed by atoms with Crippen LogP contribution in [0.25, 0.3) is 0 Å². The summed E-state index contributed by atoms with van der Waals surface area (Å²) in [7, 11) is 4.37. The van der Waals surface area contributed by atoms with Crippen molar-refractivity contribution in [1.82, 2.24) is 9.80 Å². The minimum absolute atomic E-state index is 0.504. The second-order valence-electron chi connectivity index (χ2n) is 4.43. The van der Waals surface area contributed by atoms with Crippen molar-refractivity contribution in [2.75, 3.05) is 39.5 Å². The lowest BCUT2D eigenvalue weighted by molar-refractivity contribution is 0.115. The fourth-order valence-electron chi connectivity index (χ4n) is 2.09. The zero-order valence-corrected chi connectivity index (χ0v) is 9.48. The summed E-state index contributed by atoms with van der Waals surface area (Å²) in [6.45, 7) is 3.38. The molecule has 1 aliphatic rings. The second kappa shape index (κ2) is 4.21. The van der Waals surface area contributed by atoms with Gasteiger partial charge in [-0.2, -0.15) is 0 Å². The highest BCUT2D eigenvalue weighted by atomic mass is 15.3. The number of nitrogen functional groups attached to an aromatic ring is 1. The van der Waals surface area contributed by atoms with Gasteiger partial charge in [-0.1, -0.05) is 12.1 Å².